The molecule has 0 amide bonds. The molecule has 1 fully saturated rings. The summed E-state index contributed by atoms with van der Waals surface area (Å²) in [5.74, 6) is -0.614. The van der Waals surface area contributed by atoms with Crippen LogP contribution in [0, 0.1) is 26.9 Å². The zero-order chi connectivity index (χ0) is 14.0. The molecule has 1 aromatic heterocycles. The predicted molar refractivity (Wildman–Crippen MR) is 63.4 cm³/mol. The molecule has 0 unspecified atom stereocenters. The number of pyridine rings is 1. The van der Waals surface area contributed by atoms with Gasteiger partial charge in [0.25, 0.3) is 0 Å². The van der Waals surface area contributed by atoms with Crippen LogP contribution in [0.2, 0.25) is 0 Å². The highest BCUT2D eigenvalue weighted by Gasteiger charge is 2.50. The van der Waals surface area contributed by atoms with E-state index in [-0.39, 0.29) is 23.7 Å². The van der Waals surface area contributed by atoms with Crippen molar-refractivity contribution in [1.29, 1.82) is 5.26 Å². The molecule has 1 saturated carbocycles. The number of rotatable bonds is 5. The second-order valence-corrected chi connectivity index (χ2v) is 4.37. The van der Waals surface area contributed by atoms with Gasteiger partial charge in [-0.2, -0.15) is 5.26 Å². The third-order valence-corrected chi connectivity index (χ3v) is 3.09. The standard InChI is InChI=1S/C11H10N4O4/c12-5-7-8(15(18)19)1-2-9(14-7)13-6-11(3-4-11)10(16)17/h1-2H,3-4,6H2,(H,13,14)(H,16,17). The first-order valence-electron chi connectivity index (χ1n) is 5.51. The Morgan fingerprint density at radius 1 is 1.63 bits per heavy atom. The summed E-state index contributed by atoms with van der Waals surface area (Å²) >= 11 is 0. The minimum absolute atomic E-state index is 0.192. The Morgan fingerprint density at radius 3 is 2.79 bits per heavy atom. The minimum atomic E-state index is -0.873. The van der Waals surface area contributed by atoms with E-state index in [0.29, 0.717) is 12.8 Å². The molecule has 2 rings (SSSR count). The van der Waals surface area contributed by atoms with Gasteiger partial charge in [0.1, 0.15) is 11.9 Å². The van der Waals surface area contributed by atoms with Crippen molar-refractivity contribution in [3.8, 4) is 6.07 Å². The number of carbonyl (C=O) groups is 1. The lowest BCUT2D eigenvalue weighted by Gasteiger charge is -2.11. The van der Waals surface area contributed by atoms with Crippen molar-refractivity contribution in [2.24, 2.45) is 5.41 Å². The van der Waals surface area contributed by atoms with Crippen molar-refractivity contribution >= 4 is 17.5 Å². The van der Waals surface area contributed by atoms with E-state index in [4.69, 9.17) is 10.4 Å². The second kappa shape index (κ2) is 4.53. The van der Waals surface area contributed by atoms with Crippen LogP contribution in [0.15, 0.2) is 12.1 Å². The molecular weight excluding hydrogens is 252 g/mol. The molecule has 0 bridgehead atoms. The Labute approximate surface area is 107 Å². The van der Waals surface area contributed by atoms with E-state index in [0.717, 1.165) is 0 Å². The number of carboxylic acids is 1. The van der Waals surface area contributed by atoms with Gasteiger partial charge in [-0.05, 0) is 18.9 Å². The van der Waals surface area contributed by atoms with Crippen LogP contribution in [0.25, 0.3) is 0 Å². The molecule has 1 aromatic rings. The number of hydrogen-bond donors (Lipinski definition) is 2. The lowest BCUT2D eigenvalue weighted by Crippen LogP contribution is -2.24. The number of aromatic nitrogens is 1. The number of anilines is 1. The normalized spacial score (nSPS) is 15.3. The molecule has 0 atom stereocenters. The average molecular weight is 262 g/mol. The SMILES string of the molecule is N#Cc1nc(NCC2(C(=O)O)CC2)ccc1[N+](=O)[O-]. The van der Waals surface area contributed by atoms with E-state index in [1.807, 2.05) is 0 Å². The van der Waals surface area contributed by atoms with Crippen LogP contribution in [0.5, 0.6) is 0 Å². The summed E-state index contributed by atoms with van der Waals surface area (Å²) < 4.78 is 0. The third-order valence-electron chi connectivity index (χ3n) is 3.09. The van der Waals surface area contributed by atoms with Crippen molar-refractivity contribution in [2.45, 2.75) is 12.8 Å². The number of nitriles is 1. The summed E-state index contributed by atoms with van der Waals surface area (Å²) in [5, 5.41) is 31.2. The molecule has 0 saturated heterocycles. The van der Waals surface area contributed by atoms with Crippen LogP contribution in [0.3, 0.4) is 0 Å². The summed E-state index contributed by atoms with van der Waals surface area (Å²) in [6.45, 7) is 0.192. The smallest absolute Gasteiger partial charge is 0.311 e. The topological polar surface area (TPSA) is 129 Å². The summed E-state index contributed by atoms with van der Waals surface area (Å²) in [5.41, 5.74) is -1.43. The summed E-state index contributed by atoms with van der Waals surface area (Å²) in [6.07, 6.45) is 1.18. The molecule has 0 aliphatic heterocycles. The zero-order valence-electron chi connectivity index (χ0n) is 9.79. The Hall–Kier alpha value is -2.69. The predicted octanol–water partition coefficient (Wildman–Crippen LogP) is 1.14. The van der Waals surface area contributed by atoms with E-state index in [1.54, 1.807) is 6.07 Å². The van der Waals surface area contributed by atoms with E-state index in [9.17, 15) is 14.9 Å². The van der Waals surface area contributed by atoms with E-state index in [2.05, 4.69) is 10.3 Å². The summed E-state index contributed by atoms with van der Waals surface area (Å²) in [7, 11) is 0. The number of aliphatic carboxylic acids is 1. The molecule has 1 aliphatic carbocycles. The summed E-state index contributed by atoms with van der Waals surface area (Å²) in [6, 6.07) is 4.18. The van der Waals surface area contributed by atoms with Crippen molar-refractivity contribution in [3.05, 3.63) is 27.9 Å². The highest BCUT2D eigenvalue weighted by atomic mass is 16.6. The number of nitrogens with zero attached hydrogens (tertiary/aromatic N) is 3. The van der Waals surface area contributed by atoms with Crippen LogP contribution in [-0.4, -0.2) is 27.5 Å². The zero-order valence-corrected chi connectivity index (χ0v) is 9.79. The molecule has 2 N–H and O–H groups in total. The van der Waals surface area contributed by atoms with Gasteiger partial charge >= 0.3 is 11.7 Å². The molecule has 8 nitrogen and oxygen atoms in total. The fourth-order valence-electron chi connectivity index (χ4n) is 1.66. The number of nitrogens with one attached hydrogen (secondary N) is 1. The van der Waals surface area contributed by atoms with Gasteiger partial charge < -0.3 is 10.4 Å². The van der Waals surface area contributed by atoms with Crippen molar-refractivity contribution in [2.75, 3.05) is 11.9 Å². The quantitative estimate of drug-likeness (QED) is 0.601. The van der Waals surface area contributed by atoms with Crippen LogP contribution < -0.4 is 5.32 Å². The van der Waals surface area contributed by atoms with E-state index >= 15 is 0 Å². The van der Waals surface area contributed by atoms with Gasteiger partial charge in [-0.25, -0.2) is 4.98 Å². The van der Waals surface area contributed by atoms with Crippen molar-refractivity contribution in [3.63, 3.8) is 0 Å². The fourth-order valence-corrected chi connectivity index (χ4v) is 1.66. The third kappa shape index (κ3) is 2.44. The minimum Gasteiger partial charge on any atom is -0.481 e. The maximum atomic E-state index is 11.0. The monoisotopic (exact) mass is 262 g/mol. The second-order valence-electron chi connectivity index (χ2n) is 4.37. The molecule has 8 heteroatoms. The van der Waals surface area contributed by atoms with E-state index < -0.39 is 16.3 Å². The van der Waals surface area contributed by atoms with Crippen LogP contribution in [0.4, 0.5) is 11.5 Å². The Bertz CT molecular complexity index is 589. The van der Waals surface area contributed by atoms with Gasteiger partial charge in [0.05, 0.1) is 10.3 Å². The molecule has 1 aliphatic rings. The number of hydrogen-bond acceptors (Lipinski definition) is 6. The molecule has 19 heavy (non-hydrogen) atoms. The highest BCUT2D eigenvalue weighted by molar-refractivity contribution is 5.78. The van der Waals surface area contributed by atoms with Gasteiger partial charge in [-0.15, -0.1) is 0 Å². The first kappa shape index (κ1) is 12.8. The van der Waals surface area contributed by atoms with E-state index in [1.165, 1.54) is 12.1 Å². The van der Waals surface area contributed by atoms with Gasteiger partial charge in [0, 0.05) is 12.6 Å². The van der Waals surface area contributed by atoms with Crippen LogP contribution in [0.1, 0.15) is 18.5 Å². The van der Waals surface area contributed by atoms with Crippen LogP contribution in [-0.2, 0) is 4.79 Å². The number of nitro groups is 1. The average Bonchev–Trinajstić information content (AvgIpc) is 3.17. The van der Waals surface area contributed by atoms with Crippen molar-refractivity contribution in [1.82, 2.24) is 4.98 Å². The molecule has 0 spiro atoms. The van der Waals surface area contributed by atoms with Gasteiger partial charge in [-0.1, -0.05) is 0 Å². The maximum Gasteiger partial charge on any atom is 0.311 e. The Morgan fingerprint density at radius 2 is 2.32 bits per heavy atom. The molecule has 0 aromatic carbocycles. The van der Waals surface area contributed by atoms with Gasteiger partial charge in [0.15, 0.2) is 0 Å². The highest BCUT2D eigenvalue weighted by Crippen LogP contribution is 2.45. The largest absolute Gasteiger partial charge is 0.481 e. The van der Waals surface area contributed by atoms with Crippen LogP contribution >= 0.6 is 0 Å². The fraction of sp³-hybridized carbons (Fsp3) is 0.364. The lowest BCUT2D eigenvalue weighted by molar-refractivity contribution is -0.385. The Balaban J connectivity index is 2.13. The van der Waals surface area contributed by atoms with Crippen molar-refractivity contribution < 1.29 is 14.8 Å². The molecule has 1 heterocycles. The first-order chi connectivity index (χ1) is 8.98. The summed E-state index contributed by atoms with van der Waals surface area (Å²) in [4.78, 5) is 24.7. The van der Waals surface area contributed by atoms with Gasteiger partial charge in [0.2, 0.25) is 5.69 Å². The lowest BCUT2D eigenvalue weighted by atomic mass is 10.1. The van der Waals surface area contributed by atoms with Gasteiger partial charge in [-0.3, -0.25) is 14.9 Å². The Kier molecular flexibility index (Phi) is 3.04. The molecule has 0 radical (unpaired) electrons. The maximum absolute atomic E-state index is 11.0. The molecule has 98 valence electrons. The molecular formula is C11H10N4O4. The first-order valence-corrected chi connectivity index (χ1v) is 5.51. The number of carboxylic acid groups (broad SMARTS) is 1.